The Hall–Kier alpha value is -1.50. The summed E-state index contributed by atoms with van der Waals surface area (Å²) in [5.74, 6) is 1.22. The van der Waals surface area contributed by atoms with Crippen LogP contribution in [0.4, 0.5) is 0 Å². The predicted octanol–water partition coefficient (Wildman–Crippen LogP) is 6.06. The van der Waals surface area contributed by atoms with Gasteiger partial charge in [0.1, 0.15) is 5.75 Å². The van der Waals surface area contributed by atoms with Crippen LogP contribution in [0.15, 0.2) is 36.4 Å². The maximum atomic E-state index is 10.7. The van der Waals surface area contributed by atoms with E-state index in [0.29, 0.717) is 11.7 Å². The summed E-state index contributed by atoms with van der Waals surface area (Å²) >= 11 is 0. The molecule has 0 amide bonds. The Labute approximate surface area is 135 Å². The van der Waals surface area contributed by atoms with E-state index in [4.69, 9.17) is 0 Å². The molecule has 22 heavy (non-hydrogen) atoms. The Kier molecular flexibility index (Phi) is 5.88. The highest BCUT2D eigenvalue weighted by molar-refractivity contribution is 5.48. The second-order valence-electron chi connectivity index (χ2n) is 6.73. The van der Waals surface area contributed by atoms with Gasteiger partial charge < -0.3 is 5.11 Å². The molecule has 0 aromatic heterocycles. The lowest BCUT2D eigenvalue weighted by molar-refractivity contribution is 0.436. The van der Waals surface area contributed by atoms with Crippen molar-refractivity contribution in [1.82, 2.24) is 0 Å². The third-order valence-electron chi connectivity index (χ3n) is 5.04. The molecule has 1 aliphatic carbocycles. The summed E-state index contributed by atoms with van der Waals surface area (Å²) in [5, 5.41) is 10.7. The Morgan fingerprint density at radius 1 is 1.32 bits per heavy atom. The minimum absolute atomic E-state index is 0.273. The van der Waals surface area contributed by atoms with Crippen molar-refractivity contribution < 1.29 is 5.11 Å². The molecule has 0 fully saturated rings. The van der Waals surface area contributed by atoms with Crippen LogP contribution in [0, 0.1) is 12.8 Å². The number of aromatic hydroxyl groups is 1. The lowest BCUT2D eigenvalue weighted by atomic mass is 9.75. The lowest BCUT2D eigenvalue weighted by Crippen LogP contribution is -2.15. The topological polar surface area (TPSA) is 20.2 Å². The van der Waals surface area contributed by atoms with Crippen molar-refractivity contribution in [2.45, 2.75) is 65.2 Å². The maximum absolute atomic E-state index is 10.7. The second-order valence-corrected chi connectivity index (χ2v) is 6.73. The van der Waals surface area contributed by atoms with Gasteiger partial charge in [0.15, 0.2) is 0 Å². The smallest absolute Gasteiger partial charge is 0.122 e. The van der Waals surface area contributed by atoms with Crippen LogP contribution in [0.1, 0.15) is 68.6 Å². The van der Waals surface area contributed by atoms with Gasteiger partial charge in [-0.2, -0.15) is 0 Å². The molecule has 1 aromatic carbocycles. The van der Waals surface area contributed by atoms with Gasteiger partial charge in [0.25, 0.3) is 0 Å². The average Bonchev–Trinajstić information content (AvgIpc) is 2.52. The minimum Gasteiger partial charge on any atom is -0.507 e. The summed E-state index contributed by atoms with van der Waals surface area (Å²) in [4.78, 5) is 0. The molecule has 0 radical (unpaired) electrons. The summed E-state index contributed by atoms with van der Waals surface area (Å²) in [7, 11) is 0. The van der Waals surface area contributed by atoms with E-state index < -0.39 is 0 Å². The first kappa shape index (κ1) is 16.9. The summed E-state index contributed by atoms with van der Waals surface area (Å²) in [6.07, 6.45) is 11.5. The number of phenolic OH excluding ortho intramolecular Hbond substituents is 1. The van der Waals surface area contributed by atoms with Gasteiger partial charge >= 0.3 is 0 Å². The van der Waals surface area contributed by atoms with Crippen LogP contribution in [0.25, 0.3) is 0 Å². The number of benzene rings is 1. The number of aryl methyl sites for hydroxylation is 1. The van der Waals surface area contributed by atoms with Crippen LogP contribution >= 0.6 is 0 Å². The van der Waals surface area contributed by atoms with Crippen LogP contribution in [-0.4, -0.2) is 5.11 Å². The van der Waals surface area contributed by atoms with E-state index in [1.54, 1.807) is 0 Å². The number of unbranched alkanes of at least 4 members (excludes halogenated alkanes) is 2. The van der Waals surface area contributed by atoms with Gasteiger partial charge in [0.05, 0.1) is 0 Å². The SMILES string of the molecule is C=C(C)C1CCC=CC1c1ccc(CCCCC)c(C)c1O. The van der Waals surface area contributed by atoms with Gasteiger partial charge in [-0.1, -0.05) is 56.2 Å². The molecule has 2 rings (SSSR count). The van der Waals surface area contributed by atoms with Crippen molar-refractivity contribution in [2.75, 3.05) is 0 Å². The first-order valence-electron chi connectivity index (χ1n) is 8.69. The quantitative estimate of drug-likeness (QED) is 0.500. The van der Waals surface area contributed by atoms with Crippen molar-refractivity contribution >= 4 is 0 Å². The molecule has 0 bridgehead atoms. The number of allylic oxidation sites excluding steroid dienone is 3. The third kappa shape index (κ3) is 3.63. The summed E-state index contributed by atoms with van der Waals surface area (Å²) < 4.78 is 0. The van der Waals surface area contributed by atoms with Crippen LogP contribution in [-0.2, 0) is 6.42 Å². The van der Waals surface area contributed by atoms with E-state index in [9.17, 15) is 5.11 Å². The van der Waals surface area contributed by atoms with Gasteiger partial charge in [-0.15, -0.1) is 0 Å². The molecule has 120 valence electrons. The van der Waals surface area contributed by atoms with Gasteiger partial charge in [0, 0.05) is 11.5 Å². The highest BCUT2D eigenvalue weighted by atomic mass is 16.3. The van der Waals surface area contributed by atoms with Gasteiger partial charge in [-0.3, -0.25) is 0 Å². The molecule has 0 saturated carbocycles. The Bertz CT molecular complexity index is 553. The average molecular weight is 298 g/mol. The first-order chi connectivity index (χ1) is 10.6. The number of hydrogen-bond donors (Lipinski definition) is 1. The largest absolute Gasteiger partial charge is 0.507 e. The van der Waals surface area contributed by atoms with Crippen molar-refractivity contribution in [3.63, 3.8) is 0 Å². The van der Waals surface area contributed by atoms with Crippen molar-refractivity contribution in [3.8, 4) is 5.75 Å². The van der Waals surface area contributed by atoms with E-state index in [0.717, 1.165) is 30.4 Å². The molecule has 0 heterocycles. The molecule has 2 unspecified atom stereocenters. The molecule has 0 aliphatic heterocycles. The first-order valence-corrected chi connectivity index (χ1v) is 8.69. The predicted molar refractivity (Wildman–Crippen MR) is 95.5 cm³/mol. The third-order valence-corrected chi connectivity index (χ3v) is 5.04. The van der Waals surface area contributed by atoms with Crippen molar-refractivity contribution in [1.29, 1.82) is 0 Å². The highest BCUT2D eigenvalue weighted by Gasteiger charge is 2.26. The minimum atomic E-state index is 0.273. The number of rotatable bonds is 6. The van der Waals surface area contributed by atoms with Gasteiger partial charge in [-0.05, 0) is 56.6 Å². The van der Waals surface area contributed by atoms with E-state index >= 15 is 0 Å². The Morgan fingerprint density at radius 2 is 2.09 bits per heavy atom. The molecule has 0 saturated heterocycles. The van der Waals surface area contributed by atoms with Crippen LogP contribution in [0.5, 0.6) is 5.75 Å². The van der Waals surface area contributed by atoms with Crippen LogP contribution in [0.2, 0.25) is 0 Å². The summed E-state index contributed by atoms with van der Waals surface area (Å²) in [6.45, 7) is 10.6. The maximum Gasteiger partial charge on any atom is 0.122 e. The molecule has 1 heteroatoms. The molecule has 1 nitrogen and oxygen atoms in total. The summed E-state index contributed by atoms with van der Waals surface area (Å²) in [5.41, 5.74) is 4.65. The number of phenols is 1. The summed E-state index contributed by atoms with van der Waals surface area (Å²) in [6, 6.07) is 4.36. The zero-order chi connectivity index (χ0) is 16.1. The molecular weight excluding hydrogens is 268 g/mol. The monoisotopic (exact) mass is 298 g/mol. The highest BCUT2D eigenvalue weighted by Crippen LogP contribution is 2.42. The van der Waals surface area contributed by atoms with E-state index in [2.05, 4.69) is 51.6 Å². The fourth-order valence-electron chi connectivity index (χ4n) is 3.57. The molecule has 0 spiro atoms. The molecule has 1 aliphatic rings. The van der Waals surface area contributed by atoms with E-state index in [1.165, 1.54) is 30.4 Å². The molecule has 2 atom stereocenters. The van der Waals surface area contributed by atoms with E-state index in [1.807, 2.05) is 0 Å². The van der Waals surface area contributed by atoms with Gasteiger partial charge in [0.2, 0.25) is 0 Å². The molecular formula is C21H30O. The lowest BCUT2D eigenvalue weighted by Gasteiger charge is -2.29. The standard InChI is InChI=1S/C21H30O/c1-5-6-7-10-17-13-14-20(21(22)16(17)4)19-12-9-8-11-18(19)15(2)3/h9,12-14,18-19,22H,2,5-8,10-11H2,1,3-4H3. The van der Waals surface area contributed by atoms with Gasteiger partial charge in [-0.25, -0.2) is 0 Å². The molecule has 1 N–H and O–H groups in total. The fourth-order valence-corrected chi connectivity index (χ4v) is 3.57. The van der Waals surface area contributed by atoms with Crippen molar-refractivity contribution in [2.24, 2.45) is 5.92 Å². The van der Waals surface area contributed by atoms with Crippen molar-refractivity contribution in [3.05, 3.63) is 53.1 Å². The normalized spacial score (nSPS) is 21.0. The fraction of sp³-hybridized carbons (Fsp3) is 0.524. The second kappa shape index (κ2) is 7.67. The Balaban J connectivity index is 2.28. The molecule has 1 aromatic rings. The zero-order valence-electron chi connectivity index (χ0n) is 14.4. The van der Waals surface area contributed by atoms with Crippen LogP contribution in [0.3, 0.4) is 0 Å². The van der Waals surface area contributed by atoms with Crippen LogP contribution < -0.4 is 0 Å². The zero-order valence-corrected chi connectivity index (χ0v) is 14.4. The van der Waals surface area contributed by atoms with E-state index in [-0.39, 0.29) is 5.92 Å². The Morgan fingerprint density at radius 3 is 2.77 bits per heavy atom. The number of hydrogen-bond acceptors (Lipinski definition) is 1.